The summed E-state index contributed by atoms with van der Waals surface area (Å²) < 4.78 is 23.5. The average Bonchev–Trinajstić information content (AvgIpc) is 3.52. The van der Waals surface area contributed by atoms with Crippen molar-refractivity contribution in [2.45, 2.75) is 88.4 Å². The highest BCUT2D eigenvalue weighted by molar-refractivity contribution is 5.88. The highest BCUT2D eigenvalue weighted by atomic mass is 16.8. The Morgan fingerprint density at radius 3 is 1.93 bits per heavy atom. The number of rotatable bonds is 10. The molecule has 2 aromatic rings. The van der Waals surface area contributed by atoms with Crippen LogP contribution >= 0.6 is 0 Å². The van der Waals surface area contributed by atoms with Crippen LogP contribution in [-0.4, -0.2) is 71.2 Å². The average molecular weight is 581 g/mol. The Morgan fingerprint density at radius 2 is 1.40 bits per heavy atom. The van der Waals surface area contributed by atoms with Crippen molar-refractivity contribution in [2.24, 2.45) is 0 Å². The highest BCUT2D eigenvalue weighted by Gasteiger charge is 2.57. The molecule has 224 valence electrons. The molecule has 42 heavy (non-hydrogen) atoms. The number of carbonyl (C=O) groups is 4. The van der Waals surface area contributed by atoms with Crippen molar-refractivity contribution < 1.29 is 47.7 Å². The number of esters is 2. The van der Waals surface area contributed by atoms with Gasteiger partial charge in [-0.25, -0.2) is 9.59 Å². The number of aliphatic carboxylic acids is 1. The van der Waals surface area contributed by atoms with Crippen LogP contribution in [0.3, 0.4) is 0 Å². The predicted molar refractivity (Wildman–Crippen MR) is 149 cm³/mol. The zero-order valence-electron chi connectivity index (χ0n) is 23.8. The van der Waals surface area contributed by atoms with Crippen molar-refractivity contribution in [2.75, 3.05) is 13.1 Å². The number of hydrogen-bond donors (Lipinski definition) is 1. The number of carboxylic acids is 1. The lowest BCUT2D eigenvalue weighted by Gasteiger charge is -2.47. The number of carbonyl (C=O) groups excluding carboxylic acids is 3. The van der Waals surface area contributed by atoms with Crippen LogP contribution < -0.4 is 0 Å². The number of ether oxygens (including phenoxy) is 4. The van der Waals surface area contributed by atoms with E-state index in [2.05, 4.69) is 0 Å². The molecule has 2 aromatic carbocycles. The van der Waals surface area contributed by atoms with Crippen molar-refractivity contribution in [3.05, 3.63) is 71.8 Å². The third-order valence-corrected chi connectivity index (χ3v) is 9.02. The van der Waals surface area contributed by atoms with Crippen LogP contribution in [0.15, 0.2) is 60.7 Å². The molecule has 1 spiro atoms. The molecule has 10 nitrogen and oxygen atoms in total. The van der Waals surface area contributed by atoms with E-state index in [-0.39, 0.29) is 12.5 Å². The van der Waals surface area contributed by atoms with E-state index in [0.717, 1.165) is 30.2 Å². The molecule has 3 aliphatic rings. The highest BCUT2D eigenvalue weighted by Crippen LogP contribution is 2.47. The van der Waals surface area contributed by atoms with Gasteiger partial charge in [-0.05, 0) is 0 Å². The monoisotopic (exact) mass is 580 g/mol. The van der Waals surface area contributed by atoms with Crippen LogP contribution in [-0.2, 0) is 38.9 Å². The van der Waals surface area contributed by atoms with Crippen molar-refractivity contribution in [3.63, 3.8) is 0 Å². The molecule has 3 atom stereocenters. The zero-order chi connectivity index (χ0) is 29.7. The first-order valence-corrected chi connectivity index (χ1v) is 14.7. The smallest absolute Gasteiger partial charge is 0.481 e. The second kappa shape index (κ2) is 12.5. The summed E-state index contributed by atoms with van der Waals surface area (Å²) in [6.07, 6.45) is 2.56. The van der Waals surface area contributed by atoms with E-state index in [4.69, 9.17) is 24.1 Å². The molecule has 3 aliphatic heterocycles. The molecule has 10 heteroatoms. The first-order chi connectivity index (χ1) is 20.2. The van der Waals surface area contributed by atoms with Crippen molar-refractivity contribution in [1.29, 1.82) is 0 Å². The number of nitrogens with zero attached hydrogens (tertiary/aromatic N) is 1. The molecule has 0 aromatic heterocycles. The molecule has 3 heterocycles. The van der Waals surface area contributed by atoms with E-state index in [1.165, 1.54) is 32.9 Å². The van der Waals surface area contributed by atoms with Crippen LogP contribution in [0.25, 0.3) is 0 Å². The molecule has 3 saturated heterocycles. The molecule has 3 fully saturated rings. The number of hydrogen-bond acceptors (Lipinski definition) is 8. The predicted octanol–water partition coefficient (Wildman–Crippen LogP) is 4.68. The molecule has 0 amide bonds. The minimum atomic E-state index is -1.98. The van der Waals surface area contributed by atoms with Gasteiger partial charge in [0.2, 0.25) is 6.29 Å². The minimum absolute atomic E-state index is 0.306. The van der Waals surface area contributed by atoms with Crippen LogP contribution in [0.5, 0.6) is 0 Å². The lowest BCUT2D eigenvalue weighted by Crippen LogP contribution is -2.60. The number of benzene rings is 2. The quantitative estimate of drug-likeness (QED) is 0.184. The largest absolute Gasteiger partial charge is 0.513 e. The third kappa shape index (κ3) is 5.99. The number of carboxylic acid groups (broad SMARTS) is 1. The van der Waals surface area contributed by atoms with Gasteiger partial charge in [0.05, 0.1) is 38.0 Å². The molecule has 1 N–H and O–H groups in total. The topological polar surface area (TPSA) is 125 Å². The molecule has 0 aliphatic carbocycles. The summed E-state index contributed by atoms with van der Waals surface area (Å²) in [6.45, 7) is 3.70. The van der Waals surface area contributed by atoms with Crippen LogP contribution in [0.4, 0.5) is 4.79 Å². The van der Waals surface area contributed by atoms with Gasteiger partial charge in [-0.3, -0.25) is 9.59 Å². The Kier molecular flexibility index (Phi) is 8.82. The Labute approximate surface area is 245 Å². The molecule has 2 bridgehead atoms. The summed E-state index contributed by atoms with van der Waals surface area (Å²) in [6, 6.07) is 18.2. The Bertz CT molecular complexity index is 1220. The van der Waals surface area contributed by atoms with Gasteiger partial charge < -0.3 is 28.5 Å². The van der Waals surface area contributed by atoms with Crippen molar-refractivity contribution in [1.82, 2.24) is 0 Å². The fourth-order valence-electron chi connectivity index (χ4n) is 7.21. The molecule has 0 radical (unpaired) electrons. The fraction of sp³-hybridized carbons (Fsp3) is 0.500. The van der Waals surface area contributed by atoms with Gasteiger partial charge in [0.15, 0.2) is 0 Å². The number of piperidine rings is 1. The lowest BCUT2D eigenvalue weighted by atomic mass is 9.85. The van der Waals surface area contributed by atoms with Crippen molar-refractivity contribution >= 4 is 24.1 Å². The van der Waals surface area contributed by atoms with Gasteiger partial charge in [0.25, 0.3) is 5.60 Å². The van der Waals surface area contributed by atoms with Crippen LogP contribution in [0, 0.1) is 0 Å². The van der Waals surface area contributed by atoms with Gasteiger partial charge in [-0.2, -0.15) is 0 Å². The van der Waals surface area contributed by atoms with Gasteiger partial charge in [0.1, 0.15) is 6.10 Å². The summed E-state index contributed by atoms with van der Waals surface area (Å²) in [5.41, 5.74) is -1.22. The summed E-state index contributed by atoms with van der Waals surface area (Å²) in [5.74, 6) is -2.72. The second-order valence-electron chi connectivity index (χ2n) is 11.5. The van der Waals surface area contributed by atoms with Gasteiger partial charge >= 0.3 is 24.1 Å². The SMILES string of the molecule is CC(OC(=O)CCC(=O)O)OC(=O)OC(C(=O)OC1CC2CCC(C1)[N+]21CCCC1)(c1ccccc1)c1ccccc1. The van der Waals surface area contributed by atoms with Gasteiger partial charge in [-0.1, -0.05) is 60.7 Å². The summed E-state index contributed by atoms with van der Waals surface area (Å²) >= 11 is 0. The molecule has 0 saturated carbocycles. The Morgan fingerprint density at radius 1 is 0.857 bits per heavy atom. The molecular formula is C32H38NO9+. The maximum Gasteiger partial charge on any atom is 0.513 e. The minimum Gasteiger partial charge on any atom is -0.481 e. The second-order valence-corrected chi connectivity index (χ2v) is 11.5. The molecule has 5 rings (SSSR count). The van der Waals surface area contributed by atoms with E-state index in [0.29, 0.717) is 23.2 Å². The van der Waals surface area contributed by atoms with E-state index < -0.39 is 42.4 Å². The Hall–Kier alpha value is -3.92. The number of quaternary nitrogens is 1. The molecular weight excluding hydrogens is 542 g/mol. The van der Waals surface area contributed by atoms with Crippen LogP contribution in [0.2, 0.25) is 0 Å². The Balaban J connectivity index is 1.39. The first kappa shape index (κ1) is 29.6. The van der Waals surface area contributed by atoms with Crippen LogP contribution in [0.1, 0.15) is 69.4 Å². The maximum atomic E-state index is 14.3. The third-order valence-electron chi connectivity index (χ3n) is 9.02. The normalized spacial score (nSPS) is 23.1. The van der Waals surface area contributed by atoms with E-state index >= 15 is 0 Å². The van der Waals surface area contributed by atoms with Gasteiger partial charge in [0, 0.05) is 56.6 Å². The van der Waals surface area contributed by atoms with E-state index in [1.54, 1.807) is 60.7 Å². The van der Waals surface area contributed by atoms with Crippen molar-refractivity contribution in [3.8, 4) is 0 Å². The lowest BCUT2D eigenvalue weighted by molar-refractivity contribution is -0.956. The molecule has 3 unspecified atom stereocenters. The summed E-state index contributed by atoms with van der Waals surface area (Å²) in [7, 11) is 0. The summed E-state index contributed by atoms with van der Waals surface area (Å²) in [4.78, 5) is 50.2. The first-order valence-electron chi connectivity index (χ1n) is 14.7. The standard InChI is InChI=1S/C32H37NO9/c1-22(39-29(36)17-16-28(34)35)40-31(38)42-32(23-10-4-2-5-11-23,24-12-6-3-7-13-24)30(37)41-27-20-25-14-15-26(21-27)33(25)18-8-9-19-33/h2-7,10-13,22,25-27H,8-9,14-21H2,1H3/p+1. The van der Waals surface area contributed by atoms with E-state index in [9.17, 15) is 19.2 Å². The summed E-state index contributed by atoms with van der Waals surface area (Å²) in [5, 5.41) is 8.78. The fourth-order valence-corrected chi connectivity index (χ4v) is 7.21. The zero-order valence-corrected chi connectivity index (χ0v) is 23.8. The maximum absolute atomic E-state index is 14.3. The van der Waals surface area contributed by atoms with E-state index in [1.807, 2.05) is 0 Å². The van der Waals surface area contributed by atoms with Gasteiger partial charge in [-0.15, -0.1) is 0 Å².